The van der Waals surface area contributed by atoms with Crippen LogP contribution in [0.3, 0.4) is 0 Å². The second kappa shape index (κ2) is 5.85. The van der Waals surface area contributed by atoms with Crippen LogP contribution in [-0.2, 0) is 18.4 Å². The van der Waals surface area contributed by atoms with E-state index in [-0.39, 0.29) is 5.54 Å². The molecule has 2 N–H and O–H groups in total. The molecule has 21 heavy (non-hydrogen) atoms. The predicted octanol–water partition coefficient (Wildman–Crippen LogP) is 2.59. The Labute approximate surface area is 124 Å². The third kappa shape index (κ3) is 3.08. The third-order valence-corrected chi connectivity index (χ3v) is 4.02. The summed E-state index contributed by atoms with van der Waals surface area (Å²) in [6.45, 7) is 2.67. The quantitative estimate of drug-likeness (QED) is 0.884. The molecule has 5 nitrogen and oxygen atoms in total. The molecule has 0 bridgehead atoms. The van der Waals surface area contributed by atoms with Gasteiger partial charge in [0.05, 0.1) is 12.1 Å². The van der Waals surface area contributed by atoms with Crippen LogP contribution in [-0.4, -0.2) is 16.7 Å². The molecule has 112 valence electrons. The zero-order valence-corrected chi connectivity index (χ0v) is 12.3. The maximum atomic E-state index is 6.19. The van der Waals surface area contributed by atoms with Crippen LogP contribution < -0.4 is 10.5 Å². The van der Waals surface area contributed by atoms with Gasteiger partial charge in [-0.25, -0.2) is 0 Å². The molecule has 1 aliphatic carbocycles. The van der Waals surface area contributed by atoms with Gasteiger partial charge < -0.3 is 15.0 Å². The average Bonchev–Trinajstić information content (AvgIpc) is 2.94. The third-order valence-electron chi connectivity index (χ3n) is 4.02. The second-order valence-electron chi connectivity index (χ2n) is 5.60. The zero-order valence-electron chi connectivity index (χ0n) is 12.3. The van der Waals surface area contributed by atoms with Crippen LogP contribution >= 0.6 is 0 Å². The predicted molar refractivity (Wildman–Crippen MR) is 79.0 cm³/mol. The van der Waals surface area contributed by atoms with Crippen molar-refractivity contribution < 1.29 is 9.26 Å². The molecule has 2 aromatic rings. The number of aromatic nitrogens is 2. The van der Waals surface area contributed by atoms with Crippen LogP contribution in [0, 0.1) is 0 Å². The van der Waals surface area contributed by atoms with Gasteiger partial charge in [0.25, 0.3) is 0 Å². The SMILES string of the molecule is CCOc1ccc(CCc2nc(C3(N)CCC3)no2)cc1. The first-order valence-corrected chi connectivity index (χ1v) is 7.53. The summed E-state index contributed by atoms with van der Waals surface area (Å²) in [5.74, 6) is 2.22. The lowest BCUT2D eigenvalue weighted by molar-refractivity contribution is 0.229. The highest BCUT2D eigenvalue weighted by molar-refractivity contribution is 5.27. The number of hydrogen-bond acceptors (Lipinski definition) is 5. The Morgan fingerprint density at radius 2 is 2.00 bits per heavy atom. The van der Waals surface area contributed by atoms with Crippen molar-refractivity contribution >= 4 is 0 Å². The molecule has 1 saturated carbocycles. The molecule has 1 aromatic heterocycles. The molecule has 1 fully saturated rings. The van der Waals surface area contributed by atoms with Crippen molar-refractivity contribution in [3.05, 3.63) is 41.5 Å². The molecule has 1 heterocycles. The van der Waals surface area contributed by atoms with E-state index in [1.54, 1.807) is 0 Å². The van der Waals surface area contributed by atoms with Crippen molar-refractivity contribution in [2.75, 3.05) is 6.61 Å². The first-order valence-electron chi connectivity index (χ1n) is 7.53. The minimum Gasteiger partial charge on any atom is -0.494 e. The first-order chi connectivity index (χ1) is 10.2. The summed E-state index contributed by atoms with van der Waals surface area (Å²) in [5.41, 5.74) is 7.07. The summed E-state index contributed by atoms with van der Waals surface area (Å²) in [7, 11) is 0. The minimum atomic E-state index is -0.346. The van der Waals surface area contributed by atoms with E-state index < -0.39 is 0 Å². The van der Waals surface area contributed by atoms with E-state index in [1.165, 1.54) is 5.56 Å². The van der Waals surface area contributed by atoms with Crippen LogP contribution in [0.4, 0.5) is 0 Å². The van der Waals surface area contributed by atoms with Crippen molar-refractivity contribution in [3.63, 3.8) is 0 Å². The maximum absolute atomic E-state index is 6.19. The van der Waals surface area contributed by atoms with Gasteiger partial charge in [0.15, 0.2) is 5.82 Å². The monoisotopic (exact) mass is 287 g/mol. The van der Waals surface area contributed by atoms with Gasteiger partial charge in [-0.1, -0.05) is 17.3 Å². The summed E-state index contributed by atoms with van der Waals surface area (Å²) < 4.78 is 10.7. The van der Waals surface area contributed by atoms with E-state index >= 15 is 0 Å². The van der Waals surface area contributed by atoms with Gasteiger partial charge in [0, 0.05) is 6.42 Å². The summed E-state index contributed by atoms with van der Waals surface area (Å²) >= 11 is 0. The Balaban J connectivity index is 1.57. The molecule has 0 atom stereocenters. The van der Waals surface area contributed by atoms with Crippen molar-refractivity contribution in [2.24, 2.45) is 5.73 Å². The Bertz CT molecular complexity index is 588. The fourth-order valence-corrected chi connectivity index (χ4v) is 2.51. The van der Waals surface area contributed by atoms with Crippen molar-refractivity contribution in [3.8, 4) is 5.75 Å². The molecule has 1 aliphatic rings. The van der Waals surface area contributed by atoms with Crippen LogP contribution in [0.1, 0.15) is 43.5 Å². The molecule has 1 aromatic carbocycles. The number of nitrogens with two attached hydrogens (primary N) is 1. The van der Waals surface area contributed by atoms with Gasteiger partial charge in [0.1, 0.15) is 5.75 Å². The highest BCUT2D eigenvalue weighted by Crippen LogP contribution is 2.36. The van der Waals surface area contributed by atoms with Gasteiger partial charge in [-0.15, -0.1) is 0 Å². The van der Waals surface area contributed by atoms with Crippen LogP contribution in [0.15, 0.2) is 28.8 Å². The fraction of sp³-hybridized carbons (Fsp3) is 0.500. The molecular formula is C16H21N3O2. The van der Waals surface area contributed by atoms with Gasteiger partial charge in [-0.2, -0.15) is 4.98 Å². The van der Waals surface area contributed by atoms with Gasteiger partial charge in [-0.3, -0.25) is 0 Å². The van der Waals surface area contributed by atoms with E-state index in [2.05, 4.69) is 22.3 Å². The molecule has 5 heteroatoms. The number of nitrogens with zero attached hydrogens (tertiary/aromatic N) is 2. The largest absolute Gasteiger partial charge is 0.494 e. The van der Waals surface area contributed by atoms with E-state index in [9.17, 15) is 0 Å². The van der Waals surface area contributed by atoms with E-state index in [0.717, 1.165) is 37.9 Å². The summed E-state index contributed by atoms with van der Waals surface area (Å²) in [6, 6.07) is 8.11. The maximum Gasteiger partial charge on any atom is 0.227 e. The van der Waals surface area contributed by atoms with Crippen molar-refractivity contribution in [2.45, 2.75) is 44.6 Å². The van der Waals surface area contributed by atoms with Crippen LogP contribution in [0.5, 0.6) is 5.75 Å². The molecule has 0 unspecified atom stereocenters. The number of rotatable bonds is 6. The zero-order chi connectivity index (χ0) is 14.7. The number of aryl methyl sites for hydroxylation is 2. The molecule has 0 spiro atoms. The minimum absolute atomic E-state index is 0.346. The Morgan fingerprint density at radius 1 is 1.24 bits per heavy atom. The van der Waals surface area contributed by atoms with Gasteiger partial charge in [-0.05, 0) is 50.3 Å². The van der Waals surface area contributed by atoms with Crippen LogP contribution in [0.25, 0.3) is 0 Å². The number of hydrogen-bond donors (Lipinski definition) is 1. The van der Waals surface area contributed by atoms with Crippen molar-refractivity contribution in [1.29, 1.82) is 0 Å². The van der Waals surface area contributed by atoms with E-state index in [1.807, 2.05) is 19.1 Å². The van der Waals surface area contributed by atoms with E-state index in [4.69, 9.17) is 15.0 Å². The Hall–Kier alpha value is -1.88. The molecular weight excluding hydrogens is 266 g/mol. The lowest BCUT2D eigenvalue weighted by atomic mass is 9.77. The summed E-state index contributed by atoms with van der Waals surface area (Å²) in [5, 5.41) is 4.03. The standard InChI is InChI=1S/C16H21N3O2/c1-2-20-13-7-4-12(5-8-13)6-9-14-18-15(19-21-14)16(17)10-3-11-16/h4-5,7-8H,2-3,6,9-11,17H2,1H3. The normalized spacial score (nSPS) is 16.5. The second-order valence-corrected chi connectivity index (χ2v) is 5.60. The smallest absolute Gasteiger partial charge is 0.227 e. The molecule has 0 saturated heterocycles. The Morgan fingerprint density at radius 3 is 2.62 bits per heavy atom. The van der Waals surface area contributed by atoms with Gasteiger partial charge in [0.2, 0.25) is 5.89 Å². The highest BCUT2D eigenvalue weighted by Gasteiger charge is 2.38. The fourth-order valence-electron chi connectivity index (χ4n) is 2.51. The molecule has 0 radical (unpaired) electrons. The number of ether oxygens (including phenoxy) is 1. The topological polar surface area (TPSA) is 74.2 Å². The highest BCUT2D eigenvalue weighted by atomic mass is 16.5. The lowest BCUT2D eigenvalue weighted by Crippen LogP contribution is -2.44. The summed E-state index contributed by atoms with van der Waals surface area (Å²) in [4.78, 5) is 4.44. The van der Waals surface area contributed by atoms with E-state index in [0.29, 0.717) is 18.3 Å². The summed E-state index contributed by atoms with van der Waals surface area (Å²) in [6.07, 6.45) is 4.64. The average molecular weight is 287 g/mol. The lowest BCUT2D eigenvalue weighted by Gasteiger charge is -2.34. The molecule has 3 rings (SSSR count). The first kappa shape index (κ1) is 14.1. The van der Waals surface area contributed by atoms with Gasteiger partial charge >= 0.3 is 0 Å². The number of benzene rings is 1. The molecule has 0 amide bonds. The Kier molecular flexibility index (Phi) is 3.92. The molecule has 0 aliphatic heterocycles. The van der Waals surface area contributed by atoms with Crippen LogP contribution in [0.2, 0.25) is 0 Å². The van der Waals surface area contributed by atoms with Crippen molar-refractivity contribution in [1.82, 2.24) is 10.1 Å².